The molecule has 2 aromatic rings. The largest absolute Gasteiger partial charge is 0.493 e. The van der Waals surface area contributed by atoms with Crippen molar-refractivity contribution >= 4 is 17.8 Å². The summed E-state index contributed by atoms with van der Waals surface area (Å²) in [7, 11) is 4.72. The van der Waals surface area contributed by atoms with Crippen molar-refractivity contribution in [3.63, 3.8) is 0 Å². The Balaban J connectivity index is 1.51. The molecule has 1 saturated heterocycles. The van der Waals surface area contributed by atoms with Crippen molar-refractivity contribution in [1.29, 1.82) is 0 Å². The van der Waals surface area contributed by atoms with E-state index in [0.717, 1.165) is 34.4 Å². The Kier molecular flexibility index (Phi) is 5.78. The molecule has 0 bridgehead atoms. The van der Waals surface area contributed by atoms with E-state index in [2.05, 4.69) is 5.32 Å². The number of para-hydroxylation sites is 1. The van der Waals surface area contributed by atoms with Crippen LogP contribution in [0.4, 0.5) is 4.79 Å². The molecule has 1 aliphatic heterocycles. The van der Waals surface area contributed by atoms with Crippen LogP contribution in [0.1, 0.15) is 29.5 Å². The Bertz CT molecular complexity index is 1070. The molecule has 0 unspecified atom stereocenters. The molecule has 0 saturated carbocycles. The Morgan fingerprint density at radius 1 is 1.12 bits per heavy atom. The number of fused-ring (bicyclic) bond motifs is 2. The molecule has 0 radical (unpaired) electrons. The van der Waals surface area contributed by atoms with Crippen molar-refractivity contribution in [2.75, 3.05) is 27.8 Å². The maximum atomic E-state index is 13.4. The first-order chi connectivity index (χ1) is 15.4. The van der Waals surface area contributed by atoms with Crippen molar-refractivity contribution in [2.45, 2.75) is 31.3 Å². The minimum Gasteiger partial charge on any atom is -0.493 e. The summed E-state index contributed by atoms with van der Waals surface area (Å²) in [5.41, 5.74) is 1.57. The second kappa shape index (κ2) is 8.53. The number of carbonyl (C=O) groups excluding carboxylic acids is 3. The van der Waals surface area contributed by atoms with Gasteiger partial charge in [0.05, 0.1) is 14.2 Å². The Morgan fingerprint density at radius 3 is 2.66 bits per heavy atom. The number of benzene rings is 2. The zero-order valence-corrected chi connectivity index (χ0v) is 18.5. The zero-order valence-electron chi connectivity index (χ0n) is 18.5. The van der Waals surface area contributed by atoms with Gasteiger partial charge in [-0.3, -0.25) is 14.5 Å². The molecule has 0 aromatic heterocycles. The van der Waals surface area contributed by atoms with Crippen molar-refractivity contribution in [3.05, 3.63) is 59.2 Å². The quantitative estimate of drug-likeness (QED) is 0.702. The predicted octanol–water partition coefficient (Wildman–Crippen LogP) is 2.45. The highest BCUT2D eigenvalue weighted by Crippen LogP contribution is 2.40. The van der Waals surface area contributed by atoms with Crippen molar-refractivity contribution in [3.8, 4) is 11.5 Å². The van der Waals surface area contributed by atoms with Crippen LogP contribution >= 0.6 is 0 Å². The van der Waals surface area contributed by atoms with Gasteiger partial charge in [-0.2, -0.15) is 0 Å². The van der Waals surface area contributed by atoms with Gasteiger partial charge in [0.25, 0.3) is 5.91 Å². The summed E-state index contributed by atoms with van der Waals surface area (Å²) in [6.07, 6.45) is 2.18. The summed E-state index contributed by atoms with van der Waals surface area (Å²) in [4.78, 5) is 41.6. The molecule has 32 heavy (non-hydrogen) atoms. The average molecular weight is 437 g/mol. The summed E-state index contributed by atoms with van der Waals surface area (Å²) in [5, 5.41) is 2.88. The molecule has 1 N–H and O–H groups in total. The normalized spacial score (nSPS) is 19.5. The van der Waals surface area contributed by atoms with Gasteiger partial charge in [-0.15, -0.1) is 0 Å². The molecule has 4 amide bonds. The number of imide groups is 1. The minimum atomic E-state index is -1.08. The van der Waals surface area contributed by atoms with Gasteiger partial charge in [0, 0.05) is 19.2 Å². The number of methoxy groups -OCH3 is 2. The minimum absolute atomic E-state index is 0.247. The third kappa shape index (κ3) is 3.55. The van der Waals surface area contributed by atoms with Gasteiger partial charge in [0.15, 0.2) is 11.5 Å². The number of hydrogen-bond acceptors (Lipinski definition) is 5. The number of hydrogen-bond donors (Lipinski definition) is 1. The molecule has 8 heteroatoms. The summed E-state index contributed by atoms with van der Waals surface area (Å²) in [6.45, 7) is -0.0752. The van der Waals surface area contributed by atoms with Gasteiger partial charge in [0.1, 0.15) is 12.1 Å². The van der Waals surface area contributed by atoms with E-state index in [1.54, 1.807) is 20.2 Å². The fourth-order valence-corrected chi connectivity index (χ4v) is 4.63. The van der Waals surface area contributed by atoms with Gasteiger partial charge in [-0.05, 0) is 36.5 Å². The van der Waals surface area contributed by atoms with Crippen molar-refractivity contribution < 1.29 is 23.9 Å². The maximum absolute atomic E-state index is 13.4. The molecule has 1 aliphatic carbocycles. The lowest BCUT2D eigenvalue weighted by Gasteiger charge is -2.33. The van der Waals surface area contributed by atoms with Crippen LogP contribution in [0.3, 0.4) is 0 Å². The molecule has 1 spiro atoms. The lowest BCUT2D eigenvalue weighted by atomic mass is 9.76. The number of amides is 4. The van der Waals surface area contributed by atoms with E-state index in [9.17, 15) is 14.4 Å². The number of likely N-dealkylation sites (N-methyl/N-ethyl adjacent to an activating group) is 1. The fraction of sp³-hybridized carbons (Fsp3) is 0.375. The molecule has 168 valence electrons. The number of ether oxygens (including phenoxy) is 2. The Hall–Kier alpha value is -3.55. The number of nitrogens with zero attached hydrogens (tertiary/aromatic N) is 2. The van der Waals surface area contributed by atoms with Gasteiger partial charge in [0.2, 0.25) is 5.91 Å². The smallest absolute Gasteiger partial charge is 0.325 e. The maximum Gasteiger partial charge on any atom is 0.325 e. The summed E-state index contributed by atoms with van der Waals surface area (Å²) in [5.74, 6) is 0.398. The number of urea groups is 1. The van der Waals surface area contributed by atoms with Crippen LogP contribution in [-0.4, -0.2) is 55.5 Å². The second-order valence-corrected chi connectivity index (χ2v) is 8.14. The highest BCUT2D eigenvalue weighted by molar-refractivity contribution is 6.09. The number of carbonyl (C=O) groups is 3. The van der Waals surface area contributed by atoms with E-state index in [4.69, 9.17) is 9.47 Å². The Morgan fingerprint density at radius 2 is 1.91 bits per heavy atom. The molecule has 1 heterocycles. The molecule has 4 rings (SSSR count). The van der Waals surface area contributed by atoms with Crippen LogP contribution in [0.2, 0.25) is 0 Å². The van der Waals surface area contributed by atoms with Crippen LogP contribution in [0.5, 0.6) is 11.5 Å². The first-order valence-corrected chi connectivity index (χ1v) is 10.6. The van der Waals surface area contributed by atoms with Gasteiger partial charge < -0.3 is 19.7 Å². The number of aryl methyl sites for hydroxylation is 1. The van der Waals surface area contributed by atoms with E-state index in [1.165, 1.54) is 12.0 Å². The molecule has 1 atom stereocenters. The first kappa shape index (κ1) is 21.7. The van der Waals surface area contributed by atoms with Crippen molar-refractivity contribution in [2.24, 2.45) is 0 Å². The van der Waals surface area contributed by atoms with Crippen LogP contribution in [0, 0.1) is 0 Å². The first-order valence-electron chi connectivity index (χ1n) is 10.6. The monoisotopic (exact) mass is 437 g/mol. The van der Waals surface area contributed by atoms with Crippen LogP contribution in [0.25, 0.3) is 0 Å². The lowest BCUT2D eigenvalue weighted by Crippen LogP contribution is -2.47. The van der Waals surface area contributed by atoms with E-state index >= 15 is 0 Å². The third-order valence-electron chi connectivity index (χ3n) is 6.26. The van der Waals surface area contributed by atoms with Gasteiger partial charge in [-0.25, -0.2) is 4.79 Å². The highest BCUT2D eigenvalue weighted by Gasteiger charge is 2.54. The van der Waals surface area contributed by atoms with E-state index < -0.39 is 11.6 Å². The summed E-state index contributed by atoms with van der Waals surface area (Å²) in [6, 6.07) is 12.6. The van der Waals surface area contributed by atoms with Crippen LogP contribution < -0.4 is 14.8 Å². The van der Waals surface area contributed by atoms with Gasteiger partial charge in [-0.1, -0.05) is 36.4 Å². The summed E-state index contributed by atoms with van der Waals surface area (Å²) < 4.78 is 10.7. The predicted molar refractivity (Wildman–Crippen MR) is 117 cm³/mol. The summed E-state index contributed by atoms with van der Waals surface area (Å²) >= 11 is 0. The van der Waals surface area contributed by atoms with Crippen LogP contribution in [0.15, 0.2) is 42.5 Å². The standard InChI is InChI=1S/C24H27N3O5/c1-26(14-17-9-6-12-19(31-2)21(17)32-3)20(28)15-27-22(29)24(25-23(27)30)13-7-10-16-8-4-5-11-18(16)24/h4-6,8-9,11-12H,7,10,13-15H2,1-3H3,(H,25,30)/t24-/m1/s1. The second-order valence-electron chi connectivity index (χ2n) is 8.14. The Labute approximate surface area is 187 Å². The molecule has 8 nitrogen and oxygen atoms in total. The molecular weight excluding hydrogens is 410 g/mol. The topological polar surface area (TPSA) is 88.2 Å². The third-order valence-corrected chi connectivity index (χ3v) is 6.26. The zero-order chi connectivity index (χ0) is 22.9. The van der Waals surface area contributed by atoms with E-state index in [-0.39, 0.29) is 24.9 Å². The number of nitrogens with one attached hydrogen (secondary N) is 1. The molecule has 2 aromatic carbocycles. The molecular formula is C24H27N3O5. The average Bonchev–Trinajstić information content (AvgIpc) is 3.03. The van der Waals surface area contributed by atoms with E-state index in [0.29, 0.717) is 17.9 Å². The van der Waals surface area contributed by atoms with Crippen molar-refractivity contribution in [1.82, 2.24) is 15.1 Å². The number of rotatable bonds is 6. The molecule has 1 fully saturated rings. The molecule has 2 aliphatic rings. The van der Waals surface area contributed by atoms with Crippen LogP contribution in [-0.2, 0) is 28.1 Å². The van der Waals surface area contributed by atoms with E-state index in [1.807, 2.05) is 36.4 Å². The highest BCUT2D eigenvalue weighted by atomic mass is 16.5. The SMILES string of the molecule is COc1cccc(CN(C)C(=O)CN2C(=O)N[C@@]3(CCCc4ccccc43)C2=O)c1OC. The van der Waals surface area contributed by atoms with Gasteiger partial charge >= 0.3 is 6.03 Å². The fourth-order valence-electron chi connectivity index (χ4n) is 4.63. The lowest BCUT2D eigenvalue weighted by molar-refractivity contribution is -0.139.